The van der Waals surface area contributed by atoms with Gasteiger partial charge >= 0.3 is 0 Å². The highest BCUT2D eigenvalue weighted by molar-refractivity contribution is 6.88. The van der Waals surface area contributed by atoms with Crippen molar-refractivity contribution in [1.82, 2.24) is 0 Å². The molecule has 0 saturated heterocycles. The van der Waals surface area contributed by atoms with Gasteiger partial charge in [0.25, 0.3) is 0 Å². The molecule has 0 aliphatic carbocycles. The normalized spacial score (nSPS) is 13.3. The lowest BCUT2D eigenvalue weighted by molar-refractivity contribution is -0.659. The van der Waals surface area contributed by atoms with E-state index in [9.17, 15) is 0 Å². The van der Waals surface area contributed by atoms with E-state index in [0.717, 1.165) is 16.8 Å². The summed E-state index contributed by atoms with van der Waals surface area (Å²) >= 11 is 0. The number of nitrogens with zero attached hydrogens (tertiary/aromatic N) is 1. The fourth-order valence-electron chi connectivity index (χ4n) is 3.56. The van der Waals surface area contributed by atoms with Gasteiger partial charge in [-0.25, -0.2) is 4.57 Å². The van der Waals surface area contributed by atoms with Crippen LogP contribution in [-0.2, 0) is 13.4 Å². The maximum atomic E-state index is 8.68. The van der Waals surface area contributed by atoms with Crippen molar-refractivity contribution in [2.45, 2.75) is 46.3 Å². The second kappa shape index (κ2) is 7.81. The summed E-state index contributed by atoms with van der Waals surface area (Å²) in [5.74, 6) is 0. The third kappa shape index (κ3) is 4.22. The molecule has 3 rings (SSSR count). The van der Waals surface area contributed by atoms with Crippen molar-refractivity contribution in [3.63, 3.8) is 0 Å². The number of benzene rings is 2. The lowest BCUT2D eigenvalue weighted by atomic mass is 9.96. The molecule has 2 heteroatoms. The molecule has 0 fully saturated rings. The zero-order valence-electron chi connectivity index (χ0n) is 19.4. The van der Waals surface area contributed by atoms with E-state index in [1.807, 2.05) is 13.0 Å². The van der Waals surface area contributed by atoms with Gasteiger partial charge in [0.05, 0.1) is 8.07 Å². The molecule has 140 valence electrons. The molecule has 1 heterocycles. The van der Waals surface area contributed by atoms with E-state index in [4.69, 9.17) is 2.74 Å². The van der Waals surface area contributed by atoms with Gasteiger partial charge in [0.2, 0.25) is 5.69 Å². The van der Waals surface area contributed by atoms with Crippen LogP contribution in [0.25, 0.3) is 22.4 Å². The molecular formula is C25H32NSi+. The van der Waals surface area contributed by atoms with Crippen molar-refractivity contribution in [3.8, 4) is 22.4 Å². The molecule has 2 aromatic carbocycles. The molecular weight excluding hydrogens is 342 g/mol. The highest BCUT2D eigenvalue weighted by Crippen LogP contribution is 2.28. The Balaban J connectivity index is 2.26. The van der Waals surface area contributed by atoms with Gasteiger partial charge < -0.3 is 0 Å². The molecule has 0 unspecified atom stereocenters. The summed E-state index contributed by atoms with van der Waals surface area (Å²) in [4.78, 5) is 0. The number of aryl methyl sites for hydroxylation is 3. The van der Waals surface area contributed by atoms with Gasteiger partial charge in [-0.05, 0) is 41.6 Å². The second-order valence-corrected chi connectivity index (χ2v) is 13.3. The Labute approximate surface area is 168 Å². The number of hydrogen-bond acceptors (Lipinski definition) is 0. The molecule has 3 aromatic rings. The van der Waals surface area contributed by atoms with Crippen LogP contribution in [0.5, 0.6) is 0 Å². The minimum atomic E-state index is -1.70. The maximum Gasteiger partial charge on any atom is 0.212 e. The van der Waals surface area contributed by atoms with Crippen LogP contribution in [-0.4, -0.2) is 8.07 Å². The van der Waals surface area contributed by atoms with Crippen LogP contribution in [0.4, 0.5) is 0 Å². The molecule has 0 radical (unpaired) electrons. The van der Waals surface area contributed by atoms with E-state index in [1.54, 1.807) is 0 Å². The first-order chi connectivity index (χ1) is 13.5. The Morgan fingerprint density at radius 2 is 1.67 bits per heavy atom. The summed E-state index contributed by atoms with van der Waals surface area (Å²) in [6.45, 7) is 10.9. The average molecular weight is 377 g/mol. The summed E-state index contributed by atoms with van der Waals surface area (Å²) in [5.41, 5.74) is 6.65. The summed E-state index contributed by atoms with van der Waals surface area (Å²) in [5, 5.41) is 1.20. The highest BCUT2D eigenvalue weighted by atomic mass is 28.3. The zero-order valence-corrected chi connectivity index (χ0v) is 18.4. The largest absolute Gasteiger partial charge is 0.212 e. The van der Waals surface area contributed by atoms with Crippen LogP contribution in [0, 0.1) is 6.92 Å². The Morgan fingerprint density at radius 3 is 2.30 bits per heavy atom. The Hall–Kier alpha value is -2.19. The molecule has 1 nitrogen and oxygen atoms in total. The molecule has 0 atom stereocenters. The van der Waals surface area contributed by atoms with E-state index in [0.29, 0.717) is 6.42 Å². The van der Waals surface area contributed by atoms with Crippen molar-refractivity contribution in [1.29, 1.82) is 0 Å². The van der Waals surface area contributed by atoms with Gasteiger partial charge in [-0.15, -0.1) is 0 Å². The molecule has 0 aliphatic rings. The van der Waals surface area contributed by atoms with Crippen LogP contribution in [0.3, 0.4) is 0 Å². The van der Waals surface area contributed by atoms with Gasteiger partial charge in [-0.2, -0.15) is 0 Å². The zero-order chi connectivity index (χ0) is 21.4. The molecule has 1 aromatic heterocycles. The summed E-state index contributed by atoms with van der Waals surface area (Å²) in [6, 6.07) is 19.1. The SMILES string of the molecule is [2H]C([2H])(CC)c1cc(-c2cc(-c3ccccc3)ccc2C)[n+](C)cc1[Si](C)(C)C. The standard InChI is InChI=1S/C25H32NSi/c1-7-11-22-17-24(26(3)18-25(22)27(4,5)6)23-16-21(15-14-19(23)2)20-12-9-8-10-13-20/h8-10,12-18H,7,11H2,1-6H3/q+1/i11D2. The molecule has 0 aliphatic heterocycles. The van der Waals surface area contributed by atoms with Crippen LogP contribution in [0.1, 0.15) is 27.2 Å². The van der Waals surface area contributed by atoms with Crippen molar-refractivity contribution >= 4 is 13.3 Å². The molecule has 0 N–H and O–H groups in total. The van der Waals surface area contributed by atoms with E-state index >= 15 is 0 Å². The summed E-state index contributed by atoms with van der Waals surface area (Å²) < 4.78 is 19.5. The molecule has 0 spiro atoms. The van der Waals surface area contributed by atoms with Crippen molar-refractivity contribution in [3.05, 3.63) is 71.9 Å². The quantitative estimate of drug-likeness (QED) is 0.400. The molecule has 0 saturated carbocycles. The Bertz CT molecular complexity index is 1020. The molecule has 0 amide bonds. The number of aromatic nitrogens is 1. The Morgan fingerprint density at radius 1 is 0.963 bits per heavy atom. The molecule has 27 heavy (non-hydrogen) atoms. The summed E-state index contributed by atoms with van der Waals surface area (Å²) in [7, 11) is 0.385. The maximum absolute atomic E-state index is 8.68. The third-order valence-corrected chi connectivity index (χ3v) is 7.08. The fourth-order valence-corrected chi connectivity index (χ4v) is 5.11. The van der Waals surface area contributed by atoms with Gasteiger partial charge in [-0.3, -0.25) is 0 Å². The van der Waals surface area contributed by atoms with Gasteiger partial charge in [0.15, 0.2) is 6.20 Å². The predicted molar refractivity (Wildman–Crippen MR) is 120 cm³/mol. The second-order valence-electron chi connectivity index (χ2n) is 8.27. The highest BCUT2D eigenvalue weighted by Gasteiger charge is 2.26. The van der Waals surface area contributed by atoms with Crippen LogP contribution in [0.15, 0.2) is 60.8 Å². The Kier molecular flexibility index (Phi) is 4.90. The minimum Gasteiger partial charge on any atom is -0.201 e. The third-order valence-electron chi connectivity index (χ3n) is 5.07. The van der Waals surface area contributed by atoms with Crippen molar-refractivity contribution in [2.24, 2.45) is 7.05 Å². The van der Waals surface area contributed by atoms with E-state index in [2.05, 4.69) is 92.9 Å². The van der Waals surface area contributed by atoms with E-state index < -0.39 is 14.4 Å². The monoisotopic (exact) mass is 376 g/mol. The molecule has 0 bridgehead atoms. The van der Waals surface area contributed by atoms with E-state index in [1.165, 1.54) is 21.9 Å². The van der Waals surface area contributed by atoms with Gasteiger partial charge in [-0.1, -0.05) is 75.5 Å². The van der Waals surface area contributed by atoms with Crippen molar-refractivity contribution in [2.75, 3.05) is 0 Å². The van der Waals surface area contributed by atoms with Crippen LogP contribution < -0.4 is 9.75 Å². The first kappa shape index (κ1) is 16.9. The predicted octanol–water partition coefficient (Wildman–Crippen LogP) is 5.65. The summed E-state index contributed by atoms with van der Waals surface area (Å²) in [6.07, 6.45) is 1.32. The first-order valence-electron chi connectivity index (χ1n) is 10.8. The first-order valence-corrected chi connectivity index (χ1v) is 13.3. The van der Waals surface area contributed by atoms with E-state index in [-0.39, 0.29) is 0 Å². The average Bonchev–Trinajstić information content (AvgIpc) is 2.68. The lowest BCUT2D eigenvalue weighted by Gasteiger charge is -2.20. The smallest absolute Gasteiger partial charge is 0.201 e. The fraction of sp³-hybridized carbons (Fsp3) is 0.320. The van der Waals surface area contributed by atoms with Crippen molar-refractivity contribution < 1.29 is 7.31 Å². The van der Waals surface area contributed by atoms with Gasteiger partial charge in [0, 0.05) is 19.6 Å². The topological polar surface area (TPSA) is 3.88 Å². The van der Waals surface area contributed by atoms with Crippen LogP contribution >= 0.6 is 0 Å². The number of hydrogen-bond donors (Lipinski definition) is 0. The number of pyridine rings is 1. The van der Waals surface area contributed by atoms with Crippen LogP contribution in [0.2, 0.25) is 19.6 Å². The lowest BCUT2D eigenvalue weighted by Crippen LogP contribution is -2.47. The minimum absolute atomic E-state index is 0.473. The number of rotatable bonds is 5. The van der Waals surface area contributed by atoms with Gasteiger partial charge in [0.1, 0.15) is 7.05 Å².